The lowest BCUT2D eigenvalue weighted by atomic mass is 9.86. The molecule has 0 N–H and O–H groups in total. The van der Waals surface area contributed by atoms with Crippen molar-refractivity contribution in [1.29, 1.82) is 0 Å². The first-order valence-electron chi connectivity index (χ1n) is 5.31. The molecule has 0 aromatic heterocycles. The minimum absolute atomic E-state index is 0.618. The minimum Gasteiger partial charge on any atom is -0.399 e. The maximum Gasteiger partial charge on any atom is 0.106 e. The smallest absolute Gasteiger partial charge is 0.106 e. The van der Waals surface area contributed by atoms with Crippen LogP contribution in [0.1, 0.15) is 40.0 Å². The standard InChI is InChI=1S/C11H21NO/c1-5-10(8(2)3)11(12-13-4)9-6-7-9/h8-10H,5-7H2,1-4H3/b12-11+. The first-order valence-corrected chi connectivity index (χ1v) is 5.31. The van der Waals surface area contributed by atoms with Crippen molar-refractivity contribution in [3.63, 3.8) is 0 Å². The molecule has 1 rings (SSSR count). The molecule has 0 bridgehead atoms. The van der Waals surface area contributed by atoms with Crippen LogP contribution in [0.3, 0.4) is 0 Å². The van der Waals surface area contributed by atoms with Crippen LogP contribution in [0.4, 0.5) is 0 Å². The predicted molar refractivity (Wildman–Crippen MR) is 55.8 cm³/mol. The molecule has 2 nitrogen and oxygen atoms in total. The molecule has 0 spiro atoms. The van der Waals surface area contributed by atoms with E-state index in [2.05, 4.69) is 25.9 Å². The first-order chi connectivity index (χ1) is 6.20. The van der Waals surface area contributed by atoms with Gasteiger partial charge in [0.15, 0.2) is 0 Å². The van der Waals surface area contributed by atoms with Crippen LogP contribution >= 0.6 is 0 Å². The predicted octanol–water partition coefficient (Wildman–Crippen LogP) is 3.08. The van der Waals surface area contributed by atoms with Crippen molar-refractivity contribution in [3.05, 3.63) is 0 Å². The Morgan fingerprint density at radius 2 is 2.08 bits per heavy atom. The van der Waals surface area contributed by atoms with Gasteiger partial charge in [0.1, 0.15) is 7.11 Å². The van der Waals surface area contributed by atoms with Crippen LogP contribution in [0.5, 0.6) is 0 Å². The third kappa shape index (κ3) is 2.71. The Morgan fingerprint density at radius 1 is 1.46 bits per heavy atom. The van der Waals surface area contributed by atoms with Crippen molar-refractivity contribution in [2.24, 2.45) is 22.9 Å². The maximum atomic E-state index is 4.93. The van der Waals surface area contributed by atoms with Crippen LogP contribution in [0.15, 0.2) is 5.16 Å². The topological polar surface area (TPSA) is 21.6 Å². The highest BCUT2D eigenvalue weighted by Crippen LogP contribution is 2.36. The van der Waals surface area contributed by atoms with Crippen LogP contribution in [-0.2, 0) is 4.84 Å². The quantitative estimate of drug-likeness (QED) is 0.474. The van der Waals surface area contributed by atoms with Crippen molar-refractivity contribution < 1.29 is 4.84 Å². The van der Waals surface area contributed by atoms with E-state index in [0.29, 0.717) is 11.8 Å². The largest absolute Gasteiger partial charge is 0.399 e. The van der Waals surface area contributed by atoms with Crippen molar-refractivity contribution in [2.75, 3.05) is 7.11 Å². The first kappa shape index (κ1) is 10.6. The normalized spacial score (nSPS) is 20.5. The summed E-state index contributed by atoms with van der Waals surface area (Å²) in [6, 6.07) is 0. The van der Waals surface area contributed by atoms with Gasteiger partial charge < -0.3 is 4.84 Å². The fourth-order valence-electron chi connectivity index (χ4n) is 1.95. The van der Waals surface area contributed by atoms with Crippen molar-refractivity contribution in [2.45, 2.75) is 40.0 Å². The molecule has 1 fully saturated rings. The molecule has 1 unspecified atom stereocenters. The third-order valence-electron chi connectivity index (χ3n) is 2.82. The highest BCUT2D eigenvalue weighted by atomic mass is 16.6. The molecule has 0 amide bonds. The Labute approximate surface area is 81.3 Å². The monoisotopic (exact) mass is 183 g/mol. The summed E-state index contributed by atoms with van der Waals surface area (Å²) in [7, 11) is 1.65. The molecule has 0 saturated heterocycles. The summed E-state index contributed by atoms with van der Waals surface area (Å²) >= 11 is 0. The molecule has 13 heavy (non-hydrogen) atoms. The van der Waals surface area contributed by atoms with Crippen LogP contribution in [0.25, 0.3) is 0 Å². The molecule has 0 aromatic carbocycles. The Balaban J connectivity index is 2.65. The van der Waals surface area contributed by atoms with Crippen molar-refractivity contribution >= 4 is 5.71 Å². The van der Waals surface area contributed by atoms with Gasteiger partial charge in [-0.15, -0.1) is 0 Å². The molecule has 1 saturated carbocycles. The van der Waals surface area contributed by atoms with Gasteiger partial charge >= 0.3 is 0 Å². The third-order valence-corrected chi connectivity index (χ3v) is 2.82. The summed E-state index contributed by atoms with van der Waals surface area (Å²) in [5.74, 6) is 2.03. The highest BCUT2D eigenvalue weighted by molar-refractivity contribution is 5.90. The number of hydrogen-bond donors (Lipinski definition) is 0. The van der Waals surface area contributed by atoms with Crippen molar-refractivity contribution in [3.8, 4) is 0 Å². The van der Waals surface area contributed by atoms with Gasteiger partial charge in [0.05, 0.1) is 5.71 Å². The zero-order valence-corrected chi connectivity index (χ0v) is 9.21. The number of rotatable bonds is 5. The van der Waals surface area contributed by atoms with Crippen LogP contribution in [-0.4, -0.2) is 12.8 Å². The van der Waals surface area contributed by atoms with Crippen LogP contribution < -0.4 is 0 Å². The number of oxime groups is 1. The summed E-state index contributed by atoms with van der Waals surface area (Å²) in [6.07, 6.45) is 3.80. The van der Waals surface area contributed by atoms with Crippen LogP contribution in [0, 0.1) is 17.8 Å². The van der Waals surface area contributed by atoms with Gasteiger partial charge in [0.25, 0.3) is 0 Å². The van der Waals surface area contributed by atoms with Gasteiger partial charge in [-0.05, 0) is 25.2 Å². The molecular weight excluding hydrogens is 162 g/mol. The SMILES string of the molecule is CCC(/C(=N/OC)C1CC1)C(C)C. The Hall–Kier alpha value is -0.530. The van der Waals surface area contributed by atoms with Gasteiger partial charge in [-0.1, -0.05) is 25.9 Å². The van der Waals surface area contributed by atoms with Gasteiger partial charge in [0.2, 0.25) is 0 Å². The molecule has 1 aliphatic carbocycles. The highest BCUT2D eigenvalue weighted by Gasteiger charge is 2.33. The lowest BCUT2D eigenvalue weighted by Crippen LogP contribution is -2.21. The fraction of sp³-hybridized carbons (Fsp3) is 0.909. The van der Waals surface area contributed by atoms with E-state index in [-0.39, 0.29) is 0 Å². The van der Waals surface area contributed by atoms with Crippen molar-refractivity contribution in [1.82, 2.24) is 0 Å². The van der Waals surface area contributed by atoms with E-state index < -0.39 is 0 Å². The zero-order chi connectivity index (χ0) is 9.84. The molecule has 0 radical (unpaired) electrons. The second-order valence-corrected chi connectivity index (χ2v) is 4.23. The second kappa shape index (κ2) is 4.64. The molecule has 1 atom stereocenters. The summed E-state index contributed by atoms with van der Waals surface area (Å²) in [4.78, 5) is 4.93. The van der Waals surface area contributed by atoms with E-state index >= 15 is 0 Å². The van der Waals surface area contributed by atoms with Gasteiger partial charge in [0, 0.05) is 11.8 Å². The second-order valence-electron chi connectivity index (χ2n) is 4.23. The van der Waals surface area contributed by atoms with E-state index in [1.54, 1.807) is 7.11 Å². The lowest BCUT2D eigenvalue weighted by molar-refractivity contribution is 0.207. The van der Waals surface area contributed by atoms with E-state index in [4.69, 9.17) is 4.84 Å². The molecule has 0 heterocycles. The fourth-order valence-corrected chi connectivity index (χ4v) is 1.95. The summed E-state index contributed by atoms with van der Waals surface area (Å²) < 4.78 is 0. The Kier molecular flexibility index (Phi) is 3.76. The number of hydrogen-bond acceptors (Lipinski definition) is 2. The molecular formula is C11H21NO. The van der Waals surface area contributed by atoms with Gasteiger partial charge in [-0.3, -0.25) is 0 Å². The van der Waals surface area contributed by atoms with Crippen LogP contribution in [0.2, 0.25) is 0 Å². The molecule has 1 aliphatic rings. The minimum atomic E-state index is 0.618. The molecule has 0 aliphatic heterocycles. The zero-order valence-electron chi connectivity index (χ0n) is 9.21. The maximum absolute atomic E-state index is 4.93. The summed E-state index contributed by atoms with van der Waals surface area (Å²) in [6.45, 7) is 6.77. The number of nitrogens with zero attached hydrogens (tertiary/aromatic N) is 1. The lowest BCUT2D eigenvalue weighted by Gasteiger charge is -2.20. The molecule has 2 heteroatoms. The Bertz CT molecular complexity index is 183. The van der Waals surface area contributed by atoms with E-state index in [0.717, 1.165) is 5.92 Å². The van der Waals surface area contributed by atoms with E-state index in [9.17, 15) is 0 Å². The van der Waals surface area contributed by atoms with Gasteiger partial charge in [-0.2, -0.15) is 0 Å². The van der Waals surface area contributed by atoms with E-state index in [1.165, 1.54) is 25.0 Å². The summed E-state index contributed by atoms with van der Waals surface area (Å²) in [5, 5.41) is 4.20. The Morgan fingerprint density at radius 3 is 2.38 bits per heavy atom. The molecule has 76 valence electrons. The average molecular weight is 183 g/mol. The van der Waals surface area contributed by atoms with Gasteiger partial charge in [-0.25, -0.2) is 0 Å². The average Bonchev–Trinajstić information content (AvgIpc) is 2.86. The molecule has 0 aromatic rings. The van der Waals surface area contributed by atoms with E-state index in [1.807, 2.05) is 0 Å². The summed E-state index contributed by atoms with van der Waals surface area (Å²) in [5.41, 5.74) is 1.31.